The zero-order valence-corrected chi connectivity index (χ0v) is 13.0. The van der Waals surface area contributed by atoms with Gasteiger partial charge in [-0.2, -0.15) is 0 Å². The lowest BCUT2D eigenvalue weighted by atomic mass is 9.99. The van der Waals surface area contributed by atoms with Crippen molar-refractivity contribution in [2.45, 2.75) is 0 Å². The second kappa shape index (κ2) is 4.72. The standard InChI is InChI=1S/C18H11BrS/c19-18-9-8-17(20-18)15-7-3-6-14-10-12-4-1-2-5-13(12)11-16(14)15/h1-11H. The van der Waals surface area contributed by atoms with E-state index in [1.54, 1.807) is 11.3 Å². The van der Waals surface area contributed by atoms with E-state index in [0.29, 0.717) is 0 Å². The van der Waals surface area contributed by atoms with Crippen molar-refractivity contribution in [3.63, 3.8) is 0 Å². The van der Waals surface area contributed by atoms with Crippen LogP contribution >= 0.6 is 27.3 Å². The summed E-state index contributed by atoms with van der Waals surface area (Å²) in [6.45, 7) is 0. The molecule has 4 aromatic rings. The molecule has 2 heteroatoms. The smallest absolute Gasteiger partial charge is 0.0705 e. The molecular weight excluding hydrogens is 328 g/mol. The summed E-state index contributed by atoms with van der Waals surface area (Å²) >= 11 is 5.33. The molecule has 0 amide bonds. The van der Waals surface area contributed by atoms with Gasteiger partial charge in [-0.25, -0.2) is 0 Å². The highest BCUT2D eigenvalue weighted by Crippen LogP contribution is 2.36. The summed E-state index contributed by atoms with van der Waals surface area (Å²) in [5.41, 5.74) is 1.31. The predicted molar refractivity (Wildman–Crippen MR) is 92.5 cm³/mol. The number of thiophene rings is 1. The van der Waals surface area contributed by atoms with Gasteiger partial charge in [0, 0.05) is 4.88 Å². The Morgan fingerprint density at radius 2 is 1.45 bits per heavy atom. The van der Waals surface area contributed by atoms with Gasteiger partial charge in [-0.15, -0.1) is 11.3 Å². The van der Waals surface area contributed by atoms with E-state index in [-0.39, 0.29) is 0 Å². The maximum Gasteiger partial charge on any atom is 0.0705 e. The first-order valence-electron chi connectivity index (χ1n) is 6.48. The van der Waals surface area contributed by atoms with E-state index in [9.17, 15) is 0 Å². The van der Waals surface area contributed by atoms with Crippen LogP contribution in [0.4, 0.5) is 0 Å². The van der Waals surface area contributed by atoms with Crippen molar-refractivity contribution in [2.75, 3.05) is 0 Å². The number of hydrogen-bond acceptors (Lipinski definition) is 1. The Kier molecular flexibility index (Phi) is 2.86. The van der Waals surface area contributed by atoms with E-state index in [1.165, 1.54) is 35.8 Å². The van der Waals surface area contributed by atoms with Crippen LogP contribution in [0.5, 0.6) is 0 Å². The second-order valence-corrected chi connectivity index (χ2v) is 7.29. The lowest BCUT2D eigenvalue weighted by Crippen LogP contribution is -1.80. The molecule has 0 aliphatic rings. The summed E-state index contributed by atoms with van der Waals surface area (Å²) in [4.78, 5) is 1.30. The van der Waals surface area contributed by atoms with E-state index in [4.69, 9.17) is 0 Å². The fourth-order valence-corrected chi connectivity index (χ4v) is 4.07. The van der Waals surface area contributed by atoms with E-state index in [2.05, 4.69) is 82.7 Å². The molecule has 4 rings (SSSR count). The molecular formula is C18H11BrS. The number of halogens is 1. The van der Waals surface area contributed by atoms with Crippen LogP contribution in [-0.2, 0) is 0 Å². The zero-order valence-electron chi connectivity index (χ0n) is 10.6. The van der Waals surface area contributed by atoms with Gasteiger partial charge in [-0.1, -0.05) is 42.5 Å². The minimum absolute atomic E-state index is 1.17. The molecule has 0 saturated carbocycles. The summed E-state index contributed by atoms with van der Waals surface area (Å²) in [7, 11) is 0. The number of benzene rings is 3. The molecule has 0 N–H and O–H groups in total. The Bertz CT molecular complexity index is 921. The van der Waals surface area contributed by atoms with Crippen molar-refractivity contribution >= 4 is 48.8 Å². The van der Waals surface area contributed by atoms with Gasteiger partial charge in [0.2, 0.25) is 0 Å². The first-order chi connectivity index (χ1) is 9.81. The molecule has 0 spiro atoms. The summed E-state index contributed by atoms with van der Waals surface area (Å²) in [5.74, 6) is 0. The quantitative estimate of drug-likeness (QED) is 0.348. The molecule has 0 bridgehead atoms. The van der Waals surface area contributed by atoms with Crippen LogP contribution in [-0.4, -0.2) is 0 Å². The van der Waals surface area contributed by atoms with Gasteiger partial charge in [-0.3, -0.25) is 0 Å². The monoisotopic (exact) mass is 338 g/mol. The van der Waals surface area contributed by atoms with Crippen molar-refractivity contribution in [2.24, 2.45) is 0 Å². The SMILES string of the molecule is Brc1ccc(-c2cccc3cc4ccccc4cc23)s1. The van der Waals surface area contributed by atoms with E-state index < -0.39 is 0 Å². The van der Waals surface area contributed by atoms with Crippen LogP contribution in [0.2, 0.25) is 0 Å². The maximum atomic E-state index is 3.55. The first kappa shape index (κ1) is 12.1. The van der Waals surface area contributed by atoms with Gasteiger partial charge in [-0.05, 0) is 67.3 Å². The van der Waals surface area contributed by atoms with Gasteiger partial charge in [0.1, 0.15) is 0 Å². The first-order valence-corrected chi connectivity index (χ1v) is 8.09. The fraction of sp³-hybridized carbons (Fsp3) is 0. The van der Waals surface area contributed by atoms with Crippen LogP contribution in [0, 0.1) is 0 Å². The van der Waals surface area contributed by atoms with Crippen molar-refractivity contribution < 1.29 is 0 Å². The van der Waals surface area contributed by atoms with Crippen molar-refractivity contribution in [1.29, 1.82) is 0 Å². The molecule has 20 heavy (non-hydrogen) atoms. The average molecular weight is 339 g/mol. The van der Waals surface area contributed by atoms with Crippen molar-refractivity contribution in [3.8, 4) is 10.4 Å². The van der Waals surface area contributed by atoms with Crippen LogP contribution in [0.3, 0.4) is 0 Å². The summed E-state index contributed by atoms with van der Waals surface area (Å²) in [5, 5.41) is 5.21. The number of rotatable bonds is 1. The fourth-order valence-electron chi connectivity index (χ4n) is 2.64. The van der Waals surface area contributed by atoms with Crippen LogP contribution in [0.15, 0.2) is 70.5 Å². The third-order valence-corrected chi connectivity index (χ3v) is 5.24. The van der Waals surface area contributed by atoms with Crippen molar-refractivity contribution in [1.82, 2.24) is 0 Å². The van der Waals surface area contributed by atoms with Gasteiger partial charge in [0.05, 0.1) is 3.79 Å². The third kappa shape index (κ3) is 1.96. The van der Waals surface area contributed by atoms with Crippen LogP contribution in [0.25, 0.3) is 32.0 Å². The van der Waals surface area contributed by atoms with E-state index in [1.807, 2.05) is 0 Å². The molecule has 1 aromatic heterocycles. The van der Waals surface area contributed by atoms with Gasteiger partial charge in [0.15, 0.2) is 0 Å². The normalized spacial score (nSPS) is 11.2. The Hall–Kier alpha value is -1.64. The van der Waals surface area contributed by atoms with Crippen molar-refractivity contribution in [3.05, 3.63) is 70.5 Å². The van der Waals surface area contributed by atoms with Crippen LogP contribution < -0.4 is 0 Å². The minimum atomic E-state index is 1.17. The Morgan fingerprint density at radius 3 is 2.20 bits per heavy atom. The van der Waals surface area contributed by atoms with Gasteiger partial charge in [0.25, 0.3) is 0 Å². The largest absolute Gasteiger partial charge is 0.128 e. The molecule has 96 valence electrons. The molecule has 0 fully saturated rings. The lowest BCUT2D eigenvalue weighted by Gasteiger charge is -2.07. The highest BCUT2D eigenvalue weighted by molar-refractivity contribution is 9.11. The lowest BCUT2D eigenvalue weighted by molar-refractivity contribution is 1.75. The van der Waals surface area contributed by atoms with Crippen LogP contribution in [0.1, 0.15) is 0 Å². The number of fused-ring (bicyclic) bond motifs is 2. The summed E-state index contributed by atoms with van der Waals surface area (Å²) < 4.78 is 1.17. The Morgan fingerprint density at radius 1 is 0.700 bits per heavy atom. The molecule has 0 atom stereocenters. The minimum Gasteiger partial charge on any atom is -0.128 e. The predicted octanol–water partition coefficient (Wildman–Crippen LogP) is 6.48. The molecule has 1 heterocycles. The third-order valence-electron chi connectivity index (χ3n) is 3.59. The molecule has 0 radical (unpaired) electrons. The molecule has 3 aromatic carbocycles. The topological polar surface area (TPSA) is 0 Å². The van der Waals surface area contributed by atoms with Gasteiger partial charge < -0.3 is 0 Å². The Balaban J connectivity index is 2.08. The molecule has 0 aliphatic carbocycles. The molecule has 0 aliphatic heterocycles. The second-order valence-electron chi connectivity index (χ2n) is 4.83. The van der Waals surface area contributed by atoms with E-state index >= 15 is 0 Å². The number of hydrogen-bond donors (Lipinski definition) is 0. The molecule has 0 unspecified atom stereocenters. The summed E-state index contributed by atoms with van der Waals surface area (Å²) in [6, 6.07) is 23.9. The van der Waals surface area contributed by atoms with Gasteiger partial charge >= 0.3 is 0 Å². The van der Waals surface area contributed by atoms with E-state index in [0.717, 1.165) is 0 Å². The highest BCUT2D eigenvalue weighted by Gasteiger charge is 2.07. The maximum absolute atomic E-state index is 3.55. The molecule has 0 nitrogen and oxygen atoms in total. The summed E-state index contributed by atoms with van der Waals surface area (Å²) in [6.07, 6.45) is 0. The highest BCUT2D eigenvalue weighted by atomic mass is 79.9. The zero-order chi connectivity index (χ0) is 13.5. The molecule has 0 saturated heterocycles. The Labute approximate surface area is 129 Å². The average Bonchev–Trinajstić information content (AvgIpc) is 2.91.